The highest BCUT2D eigenvalue weighted by Crippen LogP contribution is 2.43. The van der Waals surface area contributed by atoms with Gasteiger partial charge in [-0.05, 0) is 44.4 Å². The first-order valence-corrected chi connectivity index (χ1v) is 8.07. The first-order chi connectivity index (χ1) is 10.2. The second kappa shape index (κ2) is 6.08. The van der Waals surface area contributed by atoms with Crippen LogP contribution in [0.2, 0.25) is 0 Å². The molecule has 1 aliphatic heterocycles. The summed E-state index contributed by atoms with van der Waals surface area (Å²) in [4.78, 5) is 25.7. The predicted octanol–water partition coefficient (Wildman–Crippen LogP) is 1.94. The fourth-order valence-corrected chi connectivity index (χ4v) is 3.81. The number of piperidine rings is 1. The van der Waals surface area contributed by atoms with Gasteiger partial charge in [-0.2, -0.15) is 0 Å². The summed E-state index contributed by atoms with van der Waals surface area (Å²) in [6, 6.07) is 0.200. The summed E-state index contributed by atoms with van der Waals surface area (Å²) in [5, 5.41) is 3.19. The quantitative estimate of drug-likeness (QED) is 0.809. The Hall–Kier alpha value is -1.52. The summed E-state index contributed by atoms with van der Waals surface area (Å²) in [5.41, 5.74) is 0. The molecule has 3 rings (SSSR count). The maximum absolute atomic E-state index is 12.4. The third kappa shape index (κ3) is 3.06. The second-order valence-electron chi connectivity index (χ2n) is 6.36. The van der Waals surface area contributed by atoms with Gasteiger partial charge in [-0.1, -0.05) is 12.2 Å². The maximum Gasteiger partial charge on any atom is 0.409 e. The zero-order valence-electron chi connectivity index (χ0n) is 12.6. The van der Waals surface area contributed by atoms with Crippen molar-refractivity contribution in [1.29, 1.82) is 0 Å². The predicted molar refractivity (Wildman–Crippen MR) is 78.6 cm³/mol. The Kier molecular flexibility index (Phi) is 4.17. The molecule has 0 aromatic rings. The number of ether oxygens (including phenoxy) is 1. The fraction of sp³-hybridized carbons (Fsp3) is 0.750. The number of rotatable bonds is 3. The summed E-state index contributed by atoms with van der Waals surface area (Å²) >= 11 is 0. The smallest absolute Gasteiger partial charge is 0.409 e. The van der Waals surface area contributed by atoms with Crippen LogP contribution >= 0.6 is 0 Å². The van der Waals surface area contributed by atoms with Gasteiger partial charge >= 0.3 is 6.09 Å². The van der Waals surface area contributed by atoms with E-state index in [1.807, 2.05) is 6.92 Å². The van der Waals surface area contributed by atoms with Crippen LogP contribution in [0.5, 0.6) is 0 Å². The minimum atomic E-state index is -0.236. The average molecular weight is 292 g/mol. The van der Waals surface area contributed by atoms with Crippen LogP contribution < -0.4 is 5.32 Å². The van der Waals surface area contributed by atoms with E-state index in [-0.39, 0.29) is 24.0 Å². The van der Waals surface area contributed by atoms with E-state index in [2.05, 4.69) is 17.5 Å². The van der Waals surface area contributed by atoms with Gasteiger partial charge in [0.1, 0.15) is 0 Å². The van der Waals surface area contributed by atoms with E-state index in [4.69, 9.17) is 4.74 Å². The summed E-state index contributed by atoms with van der Waals surface area (Å²) in [6.07, 6.45) is 8.03. The molecule has 5 heteroatoms. The van der Waals surface area contributed by atoms with E-state index in [1.165, 1.54) is 0 Å². The molecule has 3 aliphatic rings. The van der Waals surface area contributed by atoms with Crippen molar-refractivity contribution in [1.82, 2.24) is 10.2 Å². The zero-order chi connectivity index (χ0) is 14.8. The average Bonchev–Trinajstić information content (AvgIpc) is 3.11. The summed E-state index contributed by atoms with van der Waals surface area (Å²) < 4.78 is 5.00. The number of carbonyl (C=O) groups is 2. The van der Waals surface area contributed by atoms with Crippen LogP contribution in [0.1, 0.15) is 32.6 Å². The number of allylic oxidation sites excluding steroid dienone is 2. The molecule has 2 fully saturated rings. The van der Waals surface area contributed by atoms with Gasteiger partial charge in [0.25, 0.3) is 0 Å². The number of amides is 2. The molecule has 1 saturated carbocycles. The van der Waals surface area contributed by atoms with Crippen LogP contribution in [-0.4, -0.2) is 42.6 Å². The molecule has 116 valence electrons. The van der Waals surface area contributed by atoms with Crippen molar-refractivity contribution in [3.05, 3.63) is 12.2 Å². The van der Waals surface area contributed by atoms with Gasteiger partial charge in [-0.3, -0.25) is 4.79 Å². The van der Waals surface area contributed by atoms with Crippen LogP contribution in [0.15, 0.2) is 12.2 Å². The molecule has 2 amide bonds. The lowest BCUT2D eigenvalue weighted by Crippen LogP contribution is -2.48. The zero-order valence-corrected chi connectivity index (χ0v) is 12.6. The molecule has 1 heterocycles. The van der Waals surface area contributed by atoms with Crippen LogP contribution in [0.25, 0.3) is 0 Å². The van der Waals surface area contributed by atoms with Crippen LogP contribution in [-0.2, 0) is 9.53 Å². The number of hydrogen-bond donors (Lipinski definition) is 1. The van der Waals surface area contributed by atoms with E-state index < -0.39 is 0 Å². The Morgan fingerprint density at radius 2 is 2.00 bits per heavy atom. The minimum Gasteiger partial charge on any atom is -0.450 e. The topological polar surface area (TPSA) is 58.6 Å². The monoisotopic (exact) mass is 292 g/mol. The number of fused-ring (bicyclic) bond motifs is 2. The molecule has 3 atom stereocenters. The molecule has 1 saturated heterocycles. The number of nitrogens with one attached hydrogen (secondary N) is 1. The van der Waals surface area contributed by atoms with Crippen LogP contribution in [0.4, 0.5) is 4.79 Å². The Labute approximate surface area is 125 Å². The van der Waals surface area contributed by atoms with Gasteiger partial charge in [0.2, 0.25) is 5.91 Å². The van der Waals surface area contributed by atoms with Gasteiger partial charge in [0, 0.05) is 25.0 Å². The molecule has 2 aliphatic carbocycles. The maximum atomic E-state index is 12.4. The molecule has 21 heavy (non-hydrogen) atoms. The van der Waals surface area contributed by atoms with Gasteiger partial charge < -0.3 is 15.0 Å². The normalized spacial score (nSPS) is 31.5. The first kappa shape index (κ1) is 14.4. The van der Waals surface area contributed by atoms with Crippen molar-refractivity contribution in [2.24, 2.45) is 17.8 Å². The van der Waals surface area contributed by atoms with Crippen LogP contribution in [0, 0.1) is 17.8 Å². The number of nitrogens with zero attached hydrogens (tertiary/aromatic N) is 1. The Morgan fingerprint density at radius 3 is 2.57 bits per heavy atom. The van der Waals surface area contributed by atoms with Gasteiger partial charge in [0.05, 0.1) is 6.61 Å². The van der Waals surface area contributed by atoms with Gasteiger partial charge in [-0.25, -0.2) is 4.79 Å². The molecule has 2 bridgehead atoms. The summed E-state index contributed by atoms with van der Waals surface area (Å²) in [5.74, 6) is 1.45. The molecule has 1 N–H and O–H groups in total. The largest absolute Gasteiger partial charge is 0.450 e. The lowest BCUT2D eigenvalue weighted by atomic mass is 9.92. The van der Waals surface area contributed by atoms with Gasteiger partial charge in [-0.15, -0.1) is 0 Å². The highest BCUT2D eigenvalue weighted by atomic mass is 16.6. The lowest BCUT2D eigenvalue weighted by molar-refractivity contribution is -0.126. The lowest BCUT2D eigenvalue weighted by Gasteiger charge is -2.32. The molecule has 5 nitrogen and oxygen atoms in total. The Balaban J connectivity index is 1.44. The molecular weight excluding hydrogens is 268 g/mol. The van der Waals surface area contributed by atoms with Gasteiger partial charge in [0.15, 0.2) is 0 Å². The minimum absolute atomic E-state index is 0.170. The van der Waals surface area contributed by atoms with E-state index in [1.54, 1.807) is 4.90 Å². The standard InChI is InChI=1S/C16H24N2O3/c1-2-21-16(20)18-7-5-13(6-8-18)17-15(19)14-10-11-3-4-12(14)9-11/h3-4,11-14H,2,5-10H2,1H3,(H,17,19). The highest BCUT2D eigenvalue weighted by molar-refractivity contribution is 5.80. The Bertz CT molecular complexity index is 441. The first-order valence-electron chi connectivity index (χ1n) is 8.07. The summed E-state index contributed by atoms with van der Waals surface area (Å²) in [7, 11) is 0. The van der Waals surface area contributed by atoms with Crippen molar-refractivity contribution < 1.29 is 14.3 Å². The third-order valence-corrected chi connectivity index (χ3v) is 4.98. The fourth-order valence-electron chi connectivity index (χ4n) is 3.81. The van der Waals surface area contributed by atoms with Crippen LogP contribution in [0.3, 0.4) is 0 Å². The number of likely N-dealkylation sites (tertiary alicyclic amines) is 1. The molecule has 0 spiro atoms. The van der Waals surface area contributed by atoms with E-state index in [9.17, 15) is 9.59 Å². The van der Waals surface area contributed by atoms with E-state index in [0.717, 1.165) is 25.7 Å². The molecule has 0 aromatic heterocycles. The van der Waals surface area contributed by atoms with Crippen molar-refractivity contribution in [3.63, 3.8) is 0 Å². The van der Waals surface area contributed by atoms with Crippen molar-refractivity contribution >= 4 is 12.0 Å². The van der Waals surface area contributed by atoms with E-state index in [0.29, 0.717) is 31.5 Å². The molecule has 0 radical (unpaired) electrons. The van der Waals surface area contributed by atoms with Crippen molar-refractivity contribution in [2.45, 2.75) is 38.6 Å². The number of hydrogen-bond acceptors (Lipinski definition) is 3. The highest BCUT2D eigenvalue weighted by Gasteiger charge is 2.40. The number of carbonyl (C=O) groups excluding carboxylic acids is 2. The SMILES string of the molecule is CCOC(=O)N1CCC(NC(=O)C2CC3C=CC2C3)CC1. The molecule has 3 unspecified atom stereocenters. The Morgan fingerprint density at radius 1 is 1.24 bits per heavy atom. The second-order valence-corrected chi connectivity index (χ2v) is 6.36. The third-order valence-electron chi connectivity index (χ3n) is 4.98. The van der Waals surface area contributed by atoms with Crippen molar-refractivity contribution in [3.8, 4) is 0 Å². The molecular formula is C16H24N2O3. The van der Waals surface area contributed by atoms with Crippen molar-refractivity contribution in [2.75, 3.05) is 19.7 Å². The van der Waals surface area contributed by atoms with E-state index >= 15 is 0 Å². The molecule has 0 aromatic carbocycles. The summed E-state index contributed by atoms with van der Waals surface area (Å²) in [6.45, 7) is 3.56.